The molecule has 0 radical (unpaired) electrons. The van der Waals surface area contributed by atoms with E-state index in [4.69, 9.17) is 27.9 Å². The molecule has 0 saturated carbocycles. The molecule has 0 unspecified atom stereocenters. The van der Waals surface area contributed by atoms with Crippen LogP contribution in [0.3, 0.4) is 0 Å². The van der Waals surface area contributed by atoms with Crippen LogP contribution in [0.5, 0.6) is 5.88 Å². The highest BCUT2D eigenvalue weighted by molar-refractivity contribution is 7.87. The van der Waals surface area contributed by atoms with Gasteiger partial charge in [0.15, 0.2) is 0 Å². The van der Waals surface area contributed by atoms with E-state index < -0.39 is 21.4 Å². The molecule has 1 aromatic heterocycles. The van der Waals surface area contributed by atoms with Gasteiger partial charge < -0.3 is 8.92 Å². The molecule has 0 amide bonds. The molecule has 1 aliphatic carbocycles. The van der Waals surface area contributed by atoms with Crippen LogP contribution in [-0.2, 0) is 27.3 Å². The Labute approximate surface area is 168 Å². The number of nitrogens with zero attached hydrogens (tertiary/aromatic N) is 1. The third-order valence-corrected chi connectivity index (χ3v) is 5.51. The van der Waals surface area contributed by atoms with E-state index in [1.165, 1.54) is 18.2 Å². The molecule has 3 rings (SSSR count). The summed E-state index contributed by atoms with van der Waals surface area (Å²) in [7, 11) is -5.76. The summed E-state index contributed by atoms with van der Waals surface area (Å²) >= 11 is 12.1. The second kappa shape index (κ2) is 7.81. The van der Waals surface area contributed by atoms with Crippen molar-refractivity contribution in [2.45, 2.75) is 25.0 Å². The van der Waals surface area contributed by atoms with Gasteiger partial charge in [0.2, 0.25) is 5.88 Å². The number of benzene rings is 1. The van der Waals surface area contributed by atoms with E-state index in [2.05, 4.69) is 9.17 Å². The third kappa shape index (κ3) is 4.37. The summed E-state index contributed by atoms with van der Waals surface area (Å²) in [6.07, 6.45) is 1.93. The van der Waals surface area contributed by atoms with Crippen LogP contribution in [0.1, 0.15) is 23.2 Å². The fourth-order valence-corrected chi connectivity index (χ4v) is 3.48. The molecule has 150 valence electrons. The maximum Gasteiger partial charge on any atom is 0.534 e. The van der Waals surface area contributed by atoms with Crippen molar-refractivity contribution in [3.63, 3.8) is 0 Å². The minimum Gasteiger partial charge on any atom is -0.473 e. The van der Waals surface area contributed by atoms with Crippen molar-refractivity contribution in [3.05, 3.63) is 63.3 Å². The Kier molecular flexibility index (Phi) is 5.79. The number of aryl methyl sites for hydroxylation is 1. The Hall–Kier alpha value is -1.97. The van der Waals surface area contributed by atoms with Gasteiger partial charge >= 0.3 is 15.6 Å². The number of rotatable bonds is 5. The Bertz CT molecular complexity index is 1020. The summed E-state index contributed by atoms with van der Waals surface area (Å²) in [4.78, 5) is 4.22. The van der Waals surface area contributed by atoms with Gasteiger partial charge in [-0.15, -0.1) is 0 Å². The molecular weight excluding hydrogens is 442 g/mol. The van der Waals surface area contributed by atoms with E-state index in [0.717, 1.165) is 0 Å². The monoisotopic (exact) mass is 453 g/mol. The number of allylic oxidation sites excluding steroid dienone is 1. The Morgan fingerprint density at radius 1 is 1.11 bits per heavy atom. The van der Waals surface area contributed by atoms with Crippen molar-refractivity contribution >= 4 is 39.1 Å². The van der Waals surface area contributed by atoms with E-state index in [1.807, 2.05) is 0 Å². The highest BCUT2D eigenvalue weighted by atomic mass is 35.5. The average Bonchev–Trinajstić information content (AvgIpc) is 2.60. The number of fused-ring (bicyclic) bond motifs is 1. The van der Waals surface area contributed by atoms with Crippen molar-refractivity contribution in [2.75, 3.05) is 0 Å². The number of ether oxygens (including phenoxy) is 1. The second-order valence-corrected chi connectivity index (χ2v) is 8.08. The molecule has 0 fully saturated rings. The molecule has 1 heterocycles. The Morgan fingerprint density at radius 3 is 2.43 bits per heavy atom. The number of hydrogen-bond acceptors (Lipinski definition) is 5. The lowest BCUT2D eigenvalue weighted by atomic mass is 10.0. The molecule has 11 heteroatoms. The topological polar surface area (TPSA) is 65.5 Å². The maximum atomic E-state index is 12.6. The molecule has 0 atom stereocenters. The molecule has 1 aromatic carbocycles. The molecule has 0 N–H and O–H groups in total. The Morgan fingerprint density at radius 2 is 1.79 bits per heavy atom. The van der Waals surface area contributed by atoms with Crippen molar-refractivity contribution in [1.29, 1.82) is 0 Å². The van der Waals surface area contributed by atoms with E-state index in [0.29, 0.717) is 27.7 Å². The lowest BCUT2D eigenvalue weighted by molar-refractivity contribution is -0.0509. The van der Waals surface area contributed by atoms with Gasteiger partial charge in [-0.05, 0) is 37.1 Å². The van der Waals surface area contributed by atoms with Crippen LogP contribution in [0.2, 0.25) is 10.0 Å². The van der Waals surface area contributed by atoms with Crippen LogP contribution in [0.15, 0.2) is 36.4 Å². The normalized spacial score (nSPS) is 14.2. The van der Waals surface area contributed by atoms with Crippen LogP contribution < -0.4 is 4.74 Å². The minimum atomic E-state index is -5.76. The molecule has 0 spiro atoms. The van der Waals surface area contributed by atoms with Gasteiger partial charge in [-0.3, -0.25) is 0 Å². The van der Waals surface area contributed by atoms with Gasteiger partial charge in [-0.1, -0.05) is 29.3 Å². The van der Waals surface area contributed by atoms with E-state index in [1.54, 1.807) is 18.2 Å². The SMILES string of the molecule is O=S(=O)(OC1=CCCc2nc(OCc3c(Cl)cccc3Cl)ccc21)C(F)(F)F. The first kappa shape index (κ1) is 20.8. The molecule has 5 nitrogen and oxygen atoms in total. The van der Waals surface area contributed by atoms with E-state index in [-0.39, 0.29) is 24.5 Å². The number of pyridine rings is 1. The van der Waals surface area contributed by atoms with Crippen molar-refractivity contribution in [2.24, 2.45) is 0 Å². The number of aromatic nitrogens is 1. The van der Waals surface area contributed by atoms with Gasteiger partial charge in [0.1, 0.15) is 12.4 Å². The van der Waals surface area contributed by atoms with Gasteiger partial charge in [0.05, 0.1) is 5.69 Å². The predicted molar refractivity (Wildman–Crippen MR) is 97.4 cm³/mol. The van der Waals surface area contributed by atoms with E-state index in [9.17, 15) is 21.6 Å². The summed E-state index contributed by atoms with van der Waals surface area (Å²) in [5.41, 5.74) is -4.44. The van der Waals surface area contributed by atoms with Crippen LogP contribution >= 0.6 is 23.2 Å². The summed E-state index contributed by atoms with van der Waals surface area (Å²) in [6.45, 7) is 0.0337. The quantitative estimate of drug-likeness (QED) is 0.464. The highest BCUT2D eigenvalue weighted by Crippen LogP contribution is 2.34. The zero-order chi connectivity index (χ0) is 20.5. The van der Waals surface area contributed by atoms with Crippen molar-refractivity contribution in [3.8, 4) is 5.88 Å². The smallest absolute Gasteiger partial charge is 0.473 e. The molecule has 28 heavy (non-hydrogen) atoms. The first-order valence-corrected chi connectivity index (χ1v) is 10.0. The molecule has 2 aromatic rings. The average molecular weight is 454 g/mol. The predicted octanol–water partition coefficient (Wildman–Crippen LogP) is 5.12. The van der Waals surface area contributed by atoms with Gasteiger partial charge in [0, 0.05) is 27.2 Å². The van der Waals surface area contributed by atoms with Gasteiger partial charge in [0.25, 0.3) is 0 Å². The van der Waals surface area contributed by atoms with Crippen molar-refractivity contribution < 1.29 is 30.5 Å². The fraction of sp³-hybridized carbons (Fsp3) is 0.235. The van der Waals surface area contributed by atoms with Crippen LogP contribution in [0.4, 0.5) is 13.2 Å². The number of halogens is 5. The second-order valence-electron chi connectivity index (χ2n) is 5.72. The largest absolute Gasteiger partial charge is 0.534 e. The summed E-state index contributed by atoms with van der Waals surface area (Å²) in [5, 5.41) is 0.836. The Balaban J connectivity index is 1.79. The molecule has 0 aliphatic heterocycles. The molecule has 1 aliphatic rings. The van der Waals surface area contributed by atoms with Crippen LogP contribution in [0, 0.1) is 0 Å². The summed E-state index contributed by atoms with van der Waals surface area (Å²) in [5.74, 6) is -0.221. The summed E-state index contributed by atoms with van der Waals surface area (Å²) in [6, 6.07) is 7.78. The first-order valence-electron chi connectivity index (χ1n) is 7.85. The lowest BCUT2D eigenvalue weighted by Gasteiger charge is -2.19. The zero-order valence-corrected chi connectivity index (χ0v) is 16.3. The highest BCUT2D eigenvalue weighted by Gasteiger charge is 2.49. The maximum absolute atomic E-state index is 12.6. The summed E-state index contributed by atoms with van der Waals surface area (Å²) < 4.78 is 70.0. The lowest BCUT2D eigenvalue weighted by Crippen LogP contribution is -2.25. The zero-order valence-electron chi connectivity index (χ0n) is 14.0. The minimum absolute atomic E-state index is 0.0337. The standard InChI is InChI=1S/C17H12Cl2F3NO4S/c18-12-3-1-4-13(19)11(12)9-26-16-8-7-10-14(23-16)5-2-6-15(10)27-28(24,25)17(20,21)22/h1,3-4,6-8H,2,5,9H2. The van der Waals surface area contributed by atoms with Gasteiger partial charge in [-0.2, -0.15) is 21.6 Å². The van der Waals surface area contributed by atoms with Crippen LogP contribution in [-0.4, -0.2) is 18.9 Å². The third-order valence-electron chi connectivity index (χ3n) is 3.83. The van der Waals surface area contributed by atoms with Gasteiger partial charge in [-0.25, -0.2) is 4.98 Å². The molecule has 0 saturated heterocycles. The van der Waals surface area contributed by atoms with E-state index >= 15 is 0 Å². The molecule has 0 bridgehead atoms. The number of alkyl halides is 3. The number of hydrogen-bond donors (Lipinski definition) is 0. The fourth-order valence-electron chi connectivity index (χ4n) is 2.49. The first-order chi connectivity index (χ1) is 13.1. The van der Waals surface area contributed by atoms with Crippen LogP contribution in [0.25, 0.3) is 5.76 Å². The molecular formula is C17H12Cl2F3NO4S. The van der Waals surface area contributed by atoms with Crippen molar-refractivity contribution in [1.82, 2.24) is 4.98 Å².